The molecule has 0 spiro atoms. The van der Waals surface area contributed by atoms with Crippen LogP contribution >= 0.6 is 31.2 Å². The highest BCUT2D eigenvalue weighted by atomic mass is 35.5. The molecule has 96 valence electrons. The summed E-state index contributed by atoms with van der Waals surface area (Å²) in [6.07, 6.45) is 0. The Kier molecular flexibility index (Phi) is 4.33. The van der Waals surface area contributed by atoms with Gasteiger partial charge >= 0.3 is 8.03 Å². The van der Waals surface area contributed by atoms with Gasteiger partial charge in [0, 0.05) is 0 Å². The summed E-state index contributed by atoms with van der Waals surface area (Å²) in [6.45, 7) is 0. The van der Waals surface area contributed by atoms with Crippen LogP contribution in [0.25, 0.3) is 0 Å². The van der Waals surface area contributed by atoms with Crippen LogP contribution in [-0.4, -0.2) is 10.7 Å². The molecule has 1 atom stereocenters. The van der Waals surface area contributed by atoms with Gasteiger partial charge in [0.2, 0.25) is 11.1 Å². The van der Waals surface area contributed by atoms with Crippen LogP contribution in [0.15, 0.2) is 42.5 Å². The van der Waals surface area contributed by atoms with E-state index in [0.717, 1.165) is 0 Å². The van der Waals surface area contributed by atoms with Crippen molar-refractivity contribution in [3.63, 3.8) is 0 Å². The first-order valence-corrected chi connectivity index (χ1v) is 7.23. The molecule has 0 aliphatic carbocycles. The zero-order chi connectivity index (χ0) is 14.0. The second-order valence-corrected chi connectivity index (χ2v) is 5.56. The SMILES string of the molecule is O=C(c1ccccc1[P+](=O)O)c1c(Cl)cccc1Cl. The third-order valence-corrected chi connectivity index (χ3v) is 3.98. The topological polar surface area (TPSA) is 54.4 Å². The molecular formula is C13H8Cl2O3P+. The largest absolute Gasteiger partial charge is 0.546 e. The fourth-order valence-corrected chi connectivity index (χ4v) is 2.85. The summed E-state index contributed by atoms with van der Waals surface area (Å²) in [5, 5.41) is 0.486. The summed E-state index contributed by atoms with van der Waals surface area (Å²) in [5.74, 6) is -0.469. The second-order valence-electron chi connectivity index (χ2n) is 3.72. The van der Waals surface area contributed by atoms with Crippen LogP contribution < -0.4 is 5.30 Å². The summed E-state index contributed by atoms with van der Waals surface area (Å²) >= 11 is 11.9. The number of hydrogen-bond acceptors (Lipinski definition) is 2. The highest BCUT2D eigenvalue weighted by molar-refractivity contribution is 7.47. The molecule has 0 aliphatic rings. The van der Waals surface area contributed by atoms with Gasteiger partial charge in [-0.3, -0.25) is 4.79 Å². The van der Waals surface area contributed by atoms with E-state index in [9.17, 15) is 14.3 Å². The molecule has 0 aromatic heterocycles. The van der Waals surface area contributed by atoms with Crippen molar-refractivity contribution in [3.8, 4) is 0 Å². The molecule has 6 heteroatoms. The number of ketones is 1. The molecule has 0 saturated carbocycles. The summed E-state index contributed by atoms with van der Waals surface area (Å²) in [7, 11) is -2.62. The molecule has 0 radical (unpaired) electrons. The van der Waals surface area contributed by atoms with E-state index in [4.69, 9.17) is 23.2 Å². The van der Waals surface area contributed by atoms with Crippen LogP contribution in [0.5, 0.6) is 0 Å². The van der Waals surface area contributed by atoms with Crippen molar-refractivity contribution in [2.45, 2.75) is 0 Å². The quantitative estimate of drug-likeness (QED) is 0.696. The third kappa shape index (κ3) is 2.85. The van der Waals surface area contributed by atoms with E-state index in [1.54, 1.807) is 30.3 Å². The van der Waals surface area contributed by atoms with Gasteiger partial charge in [-0.05, 0) is 28.8 Å². The number of halogens is 2. The van der Waals surface area contributed by atoms with Gasteiger partial charge in [-0.15, -0.1) is 0 Å². The Morgan fingerprint density at radius 1 is 1.00 bits per heavy atom. The Hall–Kier alpha value is -1.25. The minimum absolute atomic E-state index is 0.0680. The highest BCUT2D eigenvalue weighted by Gasteiger charge is 2.27. The lowest BCUT2D eigenvalue weighted by atomic mass is 10.0. The van der Waals surface area contributed by atoms with Crippen molar-refractivity contribution < 1.29 is 14.3 Å². The second kappa shape index (κ2) is 5.81. The van der Waals surface area contributed by atoms with Crippen molar-refractivity contribution in [2.75, 3.05) is 0 Å². The van der Waals surface area contributed by atoms with Crippen LogP contribution in [0.4, 0.5) is 0 Å². The van der Waals surface area contributed by atoms with Gasteiger partial charge in [-0.25, -0.2) is 0 Å². The molecule has 3 nitrogen and oxygen atoms in total. The van der Waals surface area contributed by atoms with Crippen LogP contribution in [0.3, 0.4) is 0 Å². The minimum atomic E-state index is -2.62. The predicted molar refractivity (Wildman–Crippen MR) is 75.8 cm³/mol. The van der Waals surface area contributed by atoms with Crippen molar-refractivity contribution in [1.29, 1.82) is 0 Å². The van der Waals surface area contributed by atoms with E-state index in [2.05, 4.69) is 0 Å². The average molecular weight is 314 g/mol. The molecular weight excluding hydrogens is 306 g/mol. The molecule has 0 amide bonds. The molecule has 1 N–H and O–H groups in total. The molecule has 2 rings (SSSR count). The zero-order valence-corrected chi connectivity index (χ0v) is 11.9. The standard InChI is InChI=1S/C13H7Cl2O3P/c14-9-5-3-6-10(15)12(9)13(16)8-4-1-2-7-11(8)19(17)18/h1-7H/p+1. The van der Waals surface area contributed by atoms with Crippen molar-refractivity contribution in [1.82, 2.24) is 0 Å². The average Bonchev–Trinajstić information content (AvgIpc) is 2.38. The minimum Gasteiger partial charge on any atom is -0.288 e. The van der Waals surface area contributed by atoms with Gasteiger partial charge < -0.3 is 0 Å². The summed E-state index contributed by atoms with van der Waals surface area (Å²) in [4.78, 5) is 21.6. The van der Waals surface area contributed by atoms with Gasteiger partial charge in [-0.1, -0.05) is 41.4 Å². The van der Waals surface area contributed by atoms with Crippen molar-refractivity contribution in [3.05, 3.63) is 63.6 Å². The Balaban J connectivity index is 2.60. The third-order valence-electron chi connectivity index (χ3n) is 2.54. The normalized spacial score (nSPS) is 11.2. The van der Waals surface area contributed by atoms with Gasteiger partial charge in [0.1, 0.15) is 0 Å². The Morgan fingerprint density at radius 3 is 2.16 bits per heavy atom. The molecule has 0 heterocycles. The zero-order valence-electron chi connectivity index (χ0n) is 9.51. The van der Waals surface area contributed by atoms with E-state index in [1.807, 2.05) is 0 Å². The van der Waals surface area contributed by atoms with Crippen molar-refractivity contribution in [2.24, 2.45) is 0 Å². The first kappa shape index (κ1) is 14.2. The molecule has 0 saturated heterocycles. The Morgan fingerprint density at radius 2 is 1.58 bits per heavy atom. The van der Waals surface area contributed by atoms with E-state index in [-0.39, 0.29) is 26.5 Å². The maximum absolute atomic E-state index is 12.4. The predicted octanol–water partition coefficient (Wildman–Crippen LogP) is 3.58. The van der Waals surface area contributed by atoms with Gasteiger partial charge in [0.25, 0.3) is 0 Å². The Bertz CT molecular complexity index is 650. The fraction of sp³-hybridized carbons (Fsp3) is 0. The maximum Gasteiger partial charge on any atom is 0.546 e. The van der Waals surface area contributed by atoms with Gasteiger partial charge in [0.15, 0.2) is 0 Å². The molecule has 1 unspecified atom stereocenters. The number of rotatable bonds is 3. The van der Waals surface area contributed by atoms with Gasteiger partial charge in [-0.2, -0.15) is 4.89 Å². The van der Waals surface area contributed by atoms with Crippen LogP contribution in [0.1, 0.15) is 15.9 Å². The van der Waals surface area contributed by atoms with E-state index in [0.29, 0.717) is 0 Å². The highest BCUT2D eigenvalue weighted by Crippen LogP contribution is 2.28. The molecule has 2 aromatic rings. The smallest absolute Gasteiger partial charge is 0.288 e. The number of carbonyl (C=O) groups excluding carboxylic acids is 1. The van der Waals surface area contributed by atoms with E-state index >= 15 is 0 Å². The molecule has 19 heavy (non-hydrogen) atoms. The summed E-state index contributed by atoms with van der Waals surface area (Å²) in [5.41, 5.74) is 0.260. The fourth-order valence-electron chi connectivity index (χ4n) is 1.68. The lowest BCUT2D eigenvalue weighted by molar-refractivity contribution is 0.104. The van der Waals surface area contributed by atoms with Gasteiger partial charge in [0.05, 0.1) is 21.2 Å². The van der Waals surface area contributed by atoms with E-state index < -0.39 is 13.8 Å². The summed E-state index contributed by atoms with van der Waals surface area (Å²) in [6, 6.07) is 10.8. The lowest BCUT2D eigenvalue weighted by Crippen LogP contribution is -2.13. The maximum atomic E-state index is 12.4. The molecule has 2 aromatic carbocycles. The van der Waals surface area contributed by atoms with Crippen LogP contribution in [-0.2, 0) is 4.57 Å². The number of benzene rings is 2. The van der Waals surface area contributed by atoms with Crippen molar-refractivity contribution >= 4 is 42.3 Å². The number of carbonyl (C=O) groups is 1. The molecule has 0 bridgehead atoms. The monoisotopic (exact) mass is 313 g/mol. The van der Waals surface area contributed by atoms with E-state index in [1.165, 1.54) is 12.1 Å². The summed E-state index contributed by atoms with van der Waals surface area (Å²) < 4.78 is 11.3. The lowest BCUT2D eigenvalue weighted by Gasteiger charge is -2.05. The Labute approximate surface area is 120 Å². The van der Waals surface area contributed by atoms with Crippen LogP contribution in [0, 0.1) is 0 Å². The first-order chi connectivity index (χ1) is 9.02. The molecule has 0 fully saturated rings. The number of hydrogen-bond donors (Lipinski definition) is 1. The first-order valence-electron chi connectivity index (χ1n) is 5.26. The molecule has 0 aliphatic heterocycles. The van der Waals surface area contributed by atoms with Crippen LogP contribution in [0.2, 0.25) is 10.0 Å².